The van der Waals surface area contributed by atoms with Crippen molar-refractivity contribution in [1.29, 1.82) is 0 Å². The van der Waals surface area contributed by atoms with E-state index in [1.165, 1.54) is 0 Å². The molecule has 2 aliphatic rings. The SMILES string of the molecule is NC(=O)Nc1ccc(C(=O)NCCC2CC(NC(=O)CC3NC(=O)NC3=O)C2)cc1. The first-order valence-corrected chi connectivity index (χ1v) is 9.65. The van der Waals surface area contributed by atoms with Crippen LogP contribution >= 0.6 is 0 Å². The van der Waals surface area contributed by atoms with Crippen LogP contribution in [0.5, 0.6) is 0 Å². The van der Waals surface area contributed by atoms with Crippen molar-refractivity contribution in [3.8, 4) is 0 Å². The van der Waals surface area contributed by atoms with E-state index in [1.807, 2.05) is 0 Å². The van der Waals surface area contributed by atoms with Crippen molar-refractivity contribution in [2.75, 3.05) is 11.9 Å². The van der Waals surface area contributed by atoms with Crippen LogP contribution in [0, 0.1) is 5.92 Å². The zero-order chi connectivity index (χ0) is 21.7. The van der Waals surface area contributed by atoms with Crippen molar-refractivity contribution in [1.82, 2.24) is 21.3 Å². The zero-order valence-electron chi connectivity index (χ0n) is 16.2. The van der Waals surface area contributed by atoms with Crippen LogP contribution in [-0.2, 0) is 9.59 Å². The quantitative estimate of drug-likeness (QED) is 0.321. The molecule has 1 aliphatic heterocycles. The molecule has 30 heavy (non-hydrogen) atoms. The van der Waals surface area contributed by atoms with E-state index in [0.717, 1.165) is 19.3 Å². The maximum absolute atomic E-state index is 12.1. The van der Waals surface area contributed by atoms with Gasteiger partial charge in [0.15, 0.2) is 0 Å². The molecule has 7 amide bonds. The van der Waals surface area contributed by atoms with Gasteiger partial charge in [-0.2, -0.15) is 0 Å². The molecular formula is C19H24N6O5. The van der Waals surface area contributed by atoms with Gasteiger partial charge < -0.3 is 27.0 Å². The highest BCUT2D eigenvalue weighted by atomic mass is 16.2. The number of hydrogen-bond acceptors (Lipinski definition) is 5. The van der Waals surface area contributed by atoms with E-state index in [1.54, 1.807) is 24.3 Å². The van der Waals surface area contributed by atoms with Gasteiger partial charge in [0.1, 0.15) is 6.04 Å². The number of nitrogens with one attached hydrogen (secondary N) is 5. The summed E-state index contributed by atoms with van der Waals surface area (Å²) in [6.45, 7) is 0.514. The van der Waals surface area contributed by atoms with Crippen molar-refractivity contribution in [2.24, 2.45) is 11.7 Å². The Bertz CT molecular complexity index is 849. The number of nitrogens with two attached hydrogens (primary N) is 1. The van der Waals surface area contributed by atoms with E-state index >= 15 is 0 Å². The average molecular weight is 416 g/mol. The van der Waals surface area contributed by atoms with Crippen LogP contribution < -0.4 is 32.3 Å². The first kappa shape index (κ1) is 21.1. The number of anilines is 1. The molecule has 160 valence electrons. The molecule has 1 aromatic rings. The predicted octanol–water partition coefficient (Wildman–Crippen LogP) is -0.210. The first-order chi connectivity index (χ1) is 14.3. The summed E-state index contributed by atoms with van der Waals surface area (Å²) in [4.78, 5) is 57.4. The van der Waals surface area contributed by atoms with Gasteiger partial charge in [0, 0.05) is 23.8 Å². The van der Waals surface area contributed by atoms with Crippen molar-refractivity contribution >= 4 is 35.5 Å². The van der Waals surface area contributed by atoms with E-state index in [4.69, 9.17) is 5.73 Å². The van der Waals surface area contributed by atoms with Gasteiger partial charge >= 0.3 is 12.1 Å². The van der Waals surface area contributed by atoms with E-state index in [2.05, 4.69) is 26.6 Å². The molecule has 11 heteroatoms. The summed E-state index contributed by atoms with van der Waals surface area (Å²) in [5.41, 5.74) is 6.02. The Morgan fingerprint density at radius 3 is 2.40 bits per heavy atom. The Hall–Kier alpha value is -3.63. The maximum Gasteiger partial charge on any atom is 0.322 e. The number of hydrogen-bond donors (Lipinski definition) is 6. The number of urea groups is 2. The second-order valence-electron chi connectivity index (χ2n) is 7.43. The largest absolute Gasteiger partial charge is 0.353 e. The van der Waals surface area contributed by atoms with E-state index in [0.29, 0.717) is 23.7 Å². The lowest BCUT2D eigenvalue weighted by Crippen LogP contribution is -2.47. The smallest absolute Gasteiger partial charge is 0.322 e. The molecular weight excluding hydrogens is 392 g/mol. The number of imide groups is 1. The second kappa shape index (κ2) is 9.25. The number of rotatable bonds is 8. The van der Waals surface area contributed by atoms with Gasteiger partial charge in [0.25, 0.3) is 11.8 Å². The highest BCUT2D eigenvalue weighted by Gasteiger charge is 2.34. The summed E-state index contributed by atoms with van der Waals surface area (Å²) >= 11 is 0. The number of primary amides is 1. The molecule has 0 aromatic heterocycles. The normalized spacial score (nSPS) is 22.3. The molecule has 2 fully saturated rings. The third-order valence-electron chi connectivity index (χ3n) is 5.10. The van der Waals surface area contributed by atoms with Gasteiger partial charge in [-0.15, -0.1) is 0 Å². The van der Waals surface area contributed by atoms with Gasteiger partial charge in [-0.3, -0.25) is 19.7 Å². The lowest BCUT2D eigenvalue weighted by molar-refractivity contribution is -0.127. The third-order valence-corrected chi connectivity index (χ3v) is 5.10. The molecule has 1 aliphatic carbocycles. The van der Waals surface area contributed by atoms with Crippen LogP contribution in [0.1, 0.15) is 36.0 Å². The highest BCUT2D eigenvalue weighted by molar-refractivity contribution is 6.05. The monoisotopic (exact) mass is 416 g/mol. The Labute approximate surface area is 172 Å². The van der Waals surface area contributed by atoms with E-state index < -0.39 is 24.0 Å². The predicted molar refractivity (Wildman–Crippen MR) is 106 cm³/mol. The van der Waals surface area contributed by atoms with Crippen LogP contribution in [0.2, 0.25) is 0 Å². The van der Waals surface area contributed by atoms with Crippen LogP contribution in [0.15, 0.2) is 24.3 Å². The summed E-state index contributed by atoms with van der Waals surface area (Å²) in [5.74, 6) is -0.576. The molecule has 3 rings (SSSR count). The Morgan fingerprint density at radius 1 is 1.10 bits per heavy atom. The van der Waals surface area contributed by atoms with Crippen molar-refractivity contribution in [3.63, 3.8) is 0 Å². The number of carbonyl (C=O) groups excluding carboxylic acids is 5. The minimum atomic E-state index is -0.816. The summed E-state index contributed by atoms with van der Waals surface area (Å²) in [5, 5.41) is 12.6. The molecule has 7 N–H and O–H groups in total. The van der Waals surface area contributed by atoms with Crippen molar-refractivity contribution in [3.05, 3.63) is 29.8 Å². The fraction of sp³-hybridized carbons (Fsp3) is 0.421. The fourth-order valence-corrected chi connectivity index (χ4v) is 3.50. The van der Waals surface area contributed by atoms with E-state index in [9.17, 15) is 24.0 Å². The second-order valence-corrected chi connectivity index (χ2v) is 7.43. The summed E-state index contributed by atoms with van der Waals surface area (Å²) in [6, 6.07) is 4.37. The molecule has 0 spiro atoms. The molecule has 1 heterocycles. The van der Waals surface area contributed by atoms with Gasteiger partial charge in [-0.1, -0.05) is 0 Å². The zero-order valence-corrected chi connectivity index (χ0v) is 16.2. The first-order valence-electron chi connectivity index (χ1n) is 9.65. The Balaban J connectivity index is 1.29. The molecule has 11 nitrogen and oxygen atoms in total. The Kier molecular flexibility index (Phi) is 6.50. The van der Waals surface area contributed by atoms with Gasteiger partial charge in [-0.25, -0.2) is 9.59 Å². The van der Waals surface area contributed by atoms with Crippen LogP contribution in [0.25, 0.3) is 0 Å². The average Bonchev–Trinajstić information content (AvgIpc) is 2.96. The molecule has 1 atom stereocenters. The lowest BCUT2D eigenvalue weighted by Gasteiger charge is -2.36. The van der Waals surface area contributed by atoms with Crippen molar-refractivity contribution in [2.45, 2.75) is 37.8 Å². The number of amides is 7. The minimum absolute atomic E-state index is 0.0451. The highest BCUT2D eigenvalue weighted by Crippen LogP contribution is 2.30. The summed E-state index contributed by atoms with van der Waals surface area (Å²) < 4.78 is 0. The molecule has 1 aromatic carbocycles. The van der Waals surface area contributed by atoms with Gasteiger partial charge in [0.2, 0.25) is 5.91 Å². The van der Waals surface area contributed by atoms with Gasteiger partial charge in [0.05, 0.1) is 6.42 Å². The molecule has 1 saturated carbocycles. The minimum Gasteiger partial charge on any atom is -0.353 e. The third kappa shape index (κ3) is 5.69. The molecule has 1 saturated heterocycles. The molecule has 0 radical (unpaired) electrons. The Morgan fingerprint density at radius 2 is 1.80 bits per heavy atom. The van der Waals surface area contributed by atoms with Crippen LogP contribution in [0.4, 0.5) is 15.3 Å². The topological polar surface area (TPSA) is 172 Å². The van der Waals surface area contributed by atoms with E-state index in [-0.39, 0.29) is 24.3 Å². The fourth-order valence-electron chi connectivity index (χ4n) is 3.50. The number of carbonyl (C=O) groups is 5. The molecule has 1 unspecified atom stereocenters. The summed E-state index contributed by atoms with van der Waals surface area (Å²) in [7, 11) is 0. The summed E-state index contributed by atoms with van der Waals surface area (Å²) in [6.07, 6.45) is 2.32. The molecule has 0 bridgehead atoms. The number of benzene rings is 1. The lowest BCUT2D eigenvalue weighted by atomic mass is 9.78. The van der Waals surface area contributed by atoms with Crippen LogP contribution in [-0.4, -0.2) is 48.4 Å². The van der Waals surface area contributed by atoms with Crippen LogP contribution in [0.3, 0.4) is 0 Å². The van der Waals surface area contributed by atoms with Gasteiger partial charge in [-0.05, 0) is 49.4 Å². The standard InChI is InChI=1S/C19H24N6O5/c20-18(29)23-12-3-1-11(2-4-12)16(27)21-6-5-10-7-13(8-10)22-15(26)9-14-17(28)25-19(30)24-14/h1-4,10,13-14H,5-9H2,(H,21,27)(H,22,26)(H3,20,23,29)(H2,24,25,28,30). The van der Waals surface area contributed by atoms with Crippen molar-refractivity contribution < 1.29 is 24.0 Å². The maximum atomic E-state index is 12.1.